The minimum atomic E-state index is 0.0941. The van der Waals surface area contributed by atoms with Crippen LogP contribution in [0.4, 0.5) is 5.69 Å². The van der Waals surface area contributed by atoms with Crippen molar-refractivity contribution in [3.05, 3.63) is 57.3 Å². The van der Waals surface area contributed by atoms with Gasteiger partial charge in [0.15, 0.2) is 0 Å². The molecule has 0 unspecified atom stereocenters. The van der Waals surface area contributed by atoms with Crippen LogP contribution in [0.1, 0.15) is 5.56 Å². The SMILES string of the molecule is BrCc1ccc2c(c1)=[As]c1ccccc1N=2. The second-order valence-electron chi connectivity index (χ2n) is 3.67. The fourth-order valence-corrected chi connectivity index (χ4v) is 4.47. The second kappa shape index (κ2) is 4.27. The summed E-state index contributed by atoms with van der Waals surface area (Å²) < 4.78 is 2.84. The Labute approximate surface area is 109 Å². The van der Waals surface area contributed by atoms with Crippen molar-refractivity contribution in [3.8, 4) is 0 Å². The first-order valence-corrected chi connectivity index (χ1v) is 8.08. The molecule has 78 valence electrons. The molecule has 0 N–H and O–H groups in total. The molecule has 2 aromatic carbocycles. The van der Waals surface area contributed by atoms with Gasteiger partial charge in [-0.1, -0.05) is 0 Å². The van der Waals surface area contributed by atoms with E-state index in [4.69, 9.17) is 4.99 Å². The van der Waals surface area contributed by atoms with Crippen LogP contribution < -0.4 is 9.71 Å². The molecule has 1 aliphatic rings. The average Bonchev–Trinajstić information content (AvgIpc) is 2.35. The first kappa shape index (κ1) is 10.4. The van der Waals surface area contributed by atoms with Crippen LogP contribution in [-0.4, -0.2) is 15.3 Å². The van der Waals surface area contributed by atoms with Gasteiger partial charge in [-0.15, -0.1) is 0 Å². The van der Waals surface area contributed by atoms with E-state index in [-0.39, 0.29) is 15.3 Å². The molecule has 3 heteroatoms. The number of fused-ring (bicyclic) bond motifs is 2. The Hall–Kier alpha value is -0.722. The Morgan fingerprint density at radius 3 is 2.88 bits per heavy atom. The predicted molar refractivity (Wildman–Crippen MR) is 70.6 cm³/mol. The third-order valence-electron chi connectivity index (χ3n) is 2.56. The number of hydrogen-bond acceptors (Lipinski definition) is 1. The molecule has 0 bridgehead atoms. The van der Waals surface area contributed by atoms with E-state index in [1.54, 1.807) is 0 Å². The average molecular weight is 334 g/mol. The molecule has 0 atom stereocenters. The molecule has 1 heterocycles. The van der Waals surface area contributed by atoms with Gasteiger partial charge in [0.25, 0.3) is 0 Å². The topological polar surface area (TPSA) is 12.4 Å². The number of halogens is 1. The van der Waals surface area contributed by atoms with Gasteiger partial charge < -0.3 is 0 Å². The van der Waals surface area contributed by atoms with E-state index in [0.717, 1.165) is 16.4 Å². The number of alkyl halides is 1. The number of para-hydroxylation sites is 1. The molecule has 3 rings (SSSR count). The fourth-order valence-electron chi connectivity index (χ4n) is 1.75. The number of hydrogen-bond donors (Lipinski definition) is 0. The quantitative estimate of drug-likeness (QED) is 0.478. The van der Waals surface area contributed by atoms with Gasteiger partial charge in [0.2, 0.25) is 0 Å². The third kappa shape index (κ3) is 1.81. The summed E-state index contributed by atoms with van der Waals surface area (Å²) in [6.45, 7) is 0. The van der Waals surface area contributed by atoms with Crippen LogP contribution in [0.25, 0.3) is 0 Å². The monoisotopic (exact) mass is 333 g/mol. The summed E-state index contributed by atoms with van der Waals surface area (Å²) in [6.07, 6.45) is 0. The number of nitrogens with zero attached hydrogens (tertiary/aromatic N) is 1. The molecule has 0 fully saturated rings. The van der Waals surface area contributed by atoms with Crippen molar-refractivity contribution in [1.82, 2.24) is 0 Å². The van der Waals surface area contributed by atoms with Crippen molar-refractivity contribution < 1.29 is 0 Å². The predicted octanol–water partition coefficient (Wildman–Crippen LogP) is 2.13. The maximum absolute atomic E-state index is 4.69. The van der Waals surface area contributed by atoms with Gasteiger partial charge in [-0.25, -0.2) is 0 Å². The summed E-state index contributed by atoms with van der Waals surface area (Å²) in [4.78, 5) is 4.69. The van der Waals surface area contributed by atoms with Gasteiger partial charge in [-0.05, 0) is 0 Å². The van der Waals surface area contributed by atoms with E-state index >= 15 is 0 Å². The molecule has 1 aliphatic heterocycles. The van der Waals surface area contributed by atoms with Crippen molar-refractivity contribution in [3.63, 3.8) is 0 Å². The van der Waals surface area contributed by atoms with E-state index in [2.05, 4.69) is 58.4 Å². The van der Waals surface area contributed by atoms with Crippen molar-refractivity contribution in [2.45, 2.75) is 5.33 Å². The minimum absolute atomic E-state index is 0.0941. The van der Waals surface area contributed by atoms with Crippen LogP contribution >= 0.6 is 15.9 Å². The maximum atomic E-state index is 4.69. The Balaban J connectivity index is 2.30. The third-order valence-corrected chi connectivity index (χ3v) is 5.76. The molecule has 0 aliphatic carbocycles. The first-order chi connectivity index (χ1) is 7.86. The van der Waals surface area contributed by atoms with Crippen LogP contribution in [0.5, 0.6) is 0 Å². The summed E-state index contributed by atoms with van der Waals surface area (Å²) in [5.41, 5.74) is 2.49. The molecule has 0 aromatic heterocycles. The van der Waals surface area contributed by atoms with E-state index in [0.29, 0.717) is 0 Å². The van der Waals surface area contributed by atoms with Gasteiger partial charge in [0.05, 0.1) is 0 Å². The molecule has 0 saturated carbocycles. The summed E-state index contributed by atoms with van der Waals surface area (Å²) in [5, 5.41) is 2.08. The Bertz CT molecular complexity index is 664. The molecule has 0 saturated heterocycles. The van der Waals surface area contributed by atoms with E-state index in [1.807, 2.05) is 0 Å². The fraction of sp³-hybridized carbons (Fsp3) is 0.0769. The van der Waals surface area contributed by atoms with Crippen molar-refractivity contribution in [1.29, 1.82) is 0 Å². The van der Waals surface area contributed by atoms with E-state index < -0.39 is 0 Å². The van der Waals surface area contributed by atoms with Crippen LogP contribution in [-0.2, 0) is 5.33 Å². The zero-order valence-corrected chi connectivity index (χ0v) is 12.0. The van der Waals surface area contributed by atoms with E-state index in [9.17, 15) is 0 Å². The Morgan fingerprint density at radius 2 is 2.00 bits per heavy atom. The van der Waals surface area contributed by atoms with Gasteiger partial charge in [-0.2, -0.15) is 0 Å². The number of benzene rings is 2. The standard InChI is InChI=1S/C13H9AsBrN/c15-8-9-5-6-13-11(7-9)14-10-3-1-2-4-12(10)16-13/h1-7H,8H2. The molecule has 1 nitrogen and oxygen atoms in total. The second-order valence-corrected chi connectivity index (χ2v) is 6.72. The van der Waals surface area contributed by atoms with Crippen molar-refractivity contribution >= 4 is 41.3 Å². The molecular weight excluding hydrogens is 325 g/mol. The van der Waals surface area contributed by atoms with Gasteiger partial charge in [-0.3, -0.25) is 0 Å². The summed E-state index contributed by atoms with van der Waals surface area (Å²) in [7, 11) is 0. The molecule has 0 amide bonds. The zero-order valence-electron chi connectivity index (χ0n) is 8.52. The van der Waals surface area contributed by atoms with Gasteiger partial charge in [0, 0.05) is 0 Å². The summed E-state index contributed by atoms with van der Waals surface area (Å²) in [5.74, 6) is 0. The van der Waals surface area contributed by atoms with Crippen molar-refractivity contribution in [2.24, 2.45) is 4.99 Å². The van der Waals surface area contributed by atoms with Crippen molar-refractivity contribution in [2.75, 3.05) is 0 Å². The Morgan fingerprint density at radius 1 is 1.12 bits per heavy atom. The first-order valence-electron chi connectivity index (χ1n) is 5.08. The molecule has 0 radical (unpaired) electrons. The Kier molecular flexibility index (Phi) is 2.79. The van der Waals surface area contributed by atoms with Gasteiger partial charge in [0.1, 0.15) is 0 Å². The summed E-state index contributed by atoms with van der Waals surface area (Å²) in [6, 6.07) is 15.0. The molecule has 0 spiro atoms. The molecular formula is C13H9AsBrN. The van der Waals surface area contributed by atoms with Crippen LogP contribution in [0.3, 0.4) is 0 Å². The zero-order chi connectivity index (χ0) is 11.0. The summed E-state index contributed by atoms with van der Waals surface area (Å²) >= 11 is 3.59. The molecule has 16 heavy (non-hydrogen) atoms. The van der Waals surface area contributed by atoms with Gasteiger partial charge >= 0.3 is 109 Å². The van der Waals surface area contributed by atoms with Crippen LogP contribution in [0, 0.1) is 3.95 Å². The van der Waals surface area contributed by atoms with Crippen LogP contribution in [0.2, 0.25) is 0 Å². The van der Waals surface area contributed by atoms with Crippen LogP contribution in [0.15, 0.2) is 47.5 Å². The number of rotatable bonds is 1. The normalized spacial score (nSPS) is 13.1. The molecule has 2 aromatic rings. The van der Waals surface area contributed by atoms with E-state index in [1.165, 1.54) is 13.9 Å².